The van der Waals surface area contributed by atoms with Crippen LogP contribution >= 0.6 is 23.2 Å². The van der Waals surface area contributed by atoms with E-state index in [1.807, 2.05) is 19.1 Å². The number of aliphatic hydroxyl groups excluding tert-OH is 1. The third-order valence-corrected chi connectivity index (χ3v) is 4.93. The van der Waals surface area contributed by atoms with E-state index in [9.17, 15) is 9.90 Å². The van der Waals surface area contributed by atoms with Crippen molar-refractivity contribution >= 4 is 29.1 Å². The fraction of sp³-hybridized carbons (Fsp3) is 0.263. The molecule has 3 N–H and O–H groups in total. The predicted octanol–water partition coefficient (Wildman–Crippen LogP) is 3.32. The molecule has 2 heterocycles. The standard InChI is InChI=1S/C19H18Cl2N6O2/c1-10(23-19(29)18-16(21)17(11(2)28)24-25-18)9-27-6-5-15(26-27)12-3-4-13(8-22)14(20)7-12/h3-7,10-11,28H,9H2,1-2H3,(H,23,29)(H,24,25). The Balaban J connectivity index is 1.66. The molecule has 2 aromatic heterocycles. The second-order valence-corrected chi connectivity index (χ2v) is 7.36. The molecule has 0 aliphatic heterocycles. The van der Waals surface area contributed by atoms with E-state index >= 15 is 0 Å². The monoisotopic (exact) mass is 432 g/mol. The summed E-state index contributed by atoms with van der Waals surface area (Å²) >= 11 is 12.2. The molecular formula is C19H18Cl2N6O2. The van der Waals surface area contributed by atoms with E-state index in [1.165, 1.54) is 6.92 Å². The van der Waals surface area contributed by atoms with Crippen molar-refractivity contribution < 1.29 is 9.90 Å². The number of halogens is 2. The molecule has 2 unspecified atom stereocenters. The van der Waals surface area contributed by atoms with Gasteiger partial charge in [0, 0.05) is 17.8 Å². The van der Waals surface area contributed by atoms with Gasteiger partial charge in [0.25, 0.3) is 5.91 Å². The number of hydrogen-bond acceptors (Lipinski definition) is 5. The zero-order valence-electron chi connectivity index (χ0n) is 15.6. The highest BCUT2D eigenvalue weighted by Gasteiger charge is 2.21. The van der Waals surface area contributed by atoms with E-state index in [4.69, 9.17) is 28.5 Å². The molecule has 10 heteroatoms. The molecule has 3 aromatic rings. The quantitative estimate of drug-likeness (QED) is 0.551. The van der Waals surface area contributed by atoms with Gasteiger partial charge in [-0.05, 0) is 32.0 Å². The molecule has 0 bridgehead atoms. The van der Waals surface area contributed by atoms with Gasteiger partial charge in [-0.15, -0.1) is 0 Å². The van der Waals surface area contributed by atoms with Gasteiger partial charge in [-0.3, -0.25) is 14.6 Å². The number of aromatic amines is 1. The number of nitrogens with one attached hydrogen (secondary N) is 2. The van der Waals surface area contributed by atoms with Gasteiger partial charge < -0.3 is 10.4 Å². The Morgan fingerprint density at radius 2 is 2.14 bits per heavy atom. The minimum atomic E-state index is -0.854. The molecule has 0 spiro atoms. The number of aliphatic hydroxyl groups is 1. The average Bonchev–Trinajstić information content (AvgIpc) is 3.28. The van der Waals surface area contributed by atoms with Crippen LogP contribution in [0.15, 0.2) is 30.5 Å². The molecule has 8 nitrogen and oxygen atoms in total. The maximum Gasteiger partial charge on any atom is 0.273 e. The number of H-pyrrole nitrogens is 1. The highest BCUT2D eigenvalue weighted by Crippen LogP contribution is 2.25. The van der Waals surface area contributed by atoms with E-state index in [0.717, 1.165) is 5.56 Å². The minimum Gasteiger partial charge on any atom is -0.387 e. The van der Waals surface area contributed by atoms with E-state index < -0.39 is 12.0 Å². The second-order valence-electron chi connectivity index (χ2n) is 6.58. The number of rotatable bonds is 6. The van der Waals surface area contributed by atoms with Crippen LogP contribution in [0.25, 0.3) is 11.3 Å². The summed E-state index contributed by atoms with van der Waals surface area (Å²) < 4.78 is 1.69. The molecular weight excluding hydrogens is 415 g/mol. The number of nitrogens with zero attached hydrogens (tertiary/aromatic N) is 4. The molecule has 0 saturated carbocycles. The highest BCUT2D eigenvalue weighted by atomic mass is 35.5. The number of aromatic nitrogens is 4. The largest absolute Gasteiger partial charge is 0.387 e. The van der Waals surface area contributed by atoms with E-state index in [-0.39, 0.29) is 16.8 Å². The maximum atomic E-state index is 12.4. The third kappa shape index (κ3) is 4.59. The third-order valence-electron chi connectivity index (χ3n) is 4.23. The summed E-state index contributed by atoms with van der Waals surface area (Å²) in [5.41, 5.74) is 2.22. The first-order chi connectivity index (χ1) is 13.8. The summed E-state index contributed by atoms with van der Waals surface area (Å²) in [5.74, 6) is -0.447. The minimum absolute atomic E-state index is 0.0304. The molecule has 0 aliphatic rings. The van der Waals surface area contributed by atoms with Crippen molar-refractivity contribution in [3.05, 3.63) is 57.5 Å². The normalized spacial score (nSPS) is 13.0. The van der Waals surface area contributed by atoms with Crippen molar-refractivity contribution in [3.8, 4) is 17.3 Å². The van der Waals surface area contributed by atoms with Crippen LogP contribution in [0.4, 0.5) is 0 Å². The van der Waals surface area contributed by atoms with Crippen molar-refractivity contribution in [2.75, 3.05) is 0 Å². The topological polar surface area (TPSA) is 120 Å². The molecule has 1 amide bonds. The average molecular weight is 433 g/mol. The zero-order valence-corrected chi connectivity index (χ0v) is 17.2. The lowest BCUT2D eigenvalue weighted by atomic mass is 10.1. The molecule has 1 aromatic carbocycles. The Labute approximate surface area is 177 Å². The lowest BCUT2D eigenvalue weighted by Gasteiger charge is -2.13. The Kier molecular flexibility index (Phi) is 6.23. The van der Waals surface area contributed by atoms with E-state index in [0.29, 0.717) is 28.5 Å². The molecule has 3 rings (SSSR count). The molecule has 0 radical (unpaired) electrons. The Morgan fingerprint density at radius 3 is 2.76 bits per heavy atom. The molecule has 150 valence electrons. The Hall–Kier alpha value is -2.86. The molecule has 0 fully saturated rings. The first kappa shape index (κ1) is 20.9. The summed E-state index contributed by atoms with van der Waals surface area (Å²) in [6.45, 7) is 3.77. The summed E-state index contributed by atoms with van der Waals surface area (Å²) in [6.07, 6.45) is 0.934. The van der Waals surface area contributed by atoms with Crippen molar-refractivity contribution in [3.63, 3.8) is 0 Å². The zero-order chi connectivity index (χ0) is 21.1. The van der Waals surface area contributed by atoms with Gasteiger partial charge in [0.1, 0.15) is 6.07 Å². The van der Waals surface area contributed by atoms with Crippen LogP contribution in [-0.2, 0) is 6.54 Å². The van der Waals surface area contributed by atoms with Crippen LogP contribution in [0.5, 0.6) is 0 Å². The van der Waals surface area contributed by atoms with Crippen molar-refractivity contribution in [1.82, 2.24) is 25.3 Å². The van der Waals surface area contributed by atoms with E-state index in [1.54, 1.807) is 29.1 Å². The van der Waals surface area contributed by atoms with Crippen LogP contribution in [-0.4, -0.2) is 37.0 Å². The van der Waals surface area contributed by atoms with Gasteiger partial charge in [0.05, 0.1) is 39.6 Å². The number of amides is 1. The van der Waals surface area contributed by atoms with Gasteiger partial charge in [-0.25, -0.2) is 0 Å². The van der Waals surface area contributed by atoms with Crippen molar-refractivity contribution in [1.29, 1.82) is 5.26 Å². The van der Waals surface area contributed by atoms with Crippen molar-refractivity contribution in [2.45, 2.75) is 32.5 Å². The second kappa shape index (κ2) is 8.66. The highest BCUT2D eigenvalue weighted by molar-refractivity contribution is 6.34. The van der Waals surface area contributed by atoms with Gasteiger partial charge in [-0.1, -0.05) is 29.3 Å². The molecule has 0 aliphatic carbocycles. The lowest BCUT2D eigenvalue weighted by Crippen LogP contribution is -2.36. The molecule has 2 atom stereocenters. The summed E-state index contributed by atoms with van der Waals surface area (Å²) in [7, 11) is 0. The van der Waals surface area contributed by atoms with Gasteiger partial charge in [0.2, 0.25) is 0 Å². The fourth-order valence-corrected chi connectivity index (χ4v) is 3.32. The Bertz CT molecular complexity index is 1080. The Morgan fingerprint density at radius 1 is 1.38 bits per heavy atom. The summed E-state index contributed by atoms with van der Waals surface area (Å²) in [4.78, 5) is 12.4. The number of carbonyl (C=O) groups excluding carboxylic acids is 1. The number of nitriles is 1. The molecule has 29 heavy (non-hydrogen) atoms. The SMILES string of the molecule is CC(Cn1ccc(-c2ccc(C#N)c(Cl)c2)n1)NC(=O)c1n[nH]c(C(C)O)c1Cl. The van der Waals surface area contributed by atoms with Crippen LogP contribution in [0.1, 0.15) is 41.7 Å². The van der Waals surface area contributed by atoms with Gasteiger partial charge in [0.15, 0.2) is 5.69 Å². The molecule has 0 saturated heterocycles. The first-order valence-electron chi connectivity index (χ1n) is 8.76. The smallest absolute Gasteiger partial charge is 0.273 e. The van der Waals surface area contributed by atoms with Crippen LogP contribution < -0.4 is 5.32 Å². The van der Waals surface area contributed by atoms with Crippen molar-refractivity contribution in [2.24, 2.45) is 0 Å². The van der Waals surface area contributed by atoms with Gasteiger partial charge >= 0.3 is 0 Å². The van der Waals surface area contributed by atoms with Crippen LogP contribution in [0, 0.1) is 11.3 Å². The number of hydrogen-bond donors (Lipinski definition) is 3. The first-order valence-corrected chi connectivity index (χ1v) is 9.52. The van der Waals surface area contributed by atoms with E-state index in [2.05, 4.69) is 20.6 Å². The number of benzene rings is 1. The van der Waals surface area contributed by atoms with Crippen LogP contribution in [0.3, 0.4) is 0 Å². The summed E-state index contributed by atoms with van der Waals surface area (Å²) in [6, 6.07) is 8.70. The lowest BCUT2D eigenvalue weighted by molar-refractivity contribution is 0.0931. The fourth-order valence-electron chi connectivity index (χ4n) is 2.77. The van der Waals surface area contributed by atoms with Gasteiger partial charge in [-0.2, -0.15) is 15.5 Å². The summed E-state index contributed by atoms with van der Waals surface area (Å²) in [5, 5.41) is 32.8. The predicted molar refractivity (Wildman–Crippen MR) is 109 cm³/mol. The maximum absolute atomic E-state index is 12.4. The number of carbonyl (C=O) groups is 1. The van der Waals surface area contributed by atoms with Crippen LogP contribution in [0.2, 0.25) is 10.0 Å².